The fraction of sp³-hybridized carbons (Fsp3) is 0.615. The molecule has 0 aliphatic carbocycles. The summed E-state index contributed by atoms with van der Waals surface area (Å²) >= 11 is 6.16. The summed E-state index contributed by atoms with van der Waals surface area (Å²) in [5.74, 6) is -0.362. The van der Waals surface area contributed by atoms with Gasteiger partial charge in [0, 0.05) is 20.6 Å². The Labute approximate surface area is 123 Å². The second-order valence-corrected chi connectivity index (χ2v) is 5.37. The molecule has 1 aromatic rings. The first kappa shape index (κ1) is 14.8. The van der Waals surface area contributed by atoms with Crippen LogP contribution in [0.2, 0.25) is 5.02 Å². The molecule has 1 aliphatic rings. The van der Waals surface area contributed by atoms with Crippen molar-refractivity contribution in [1.29, 1.82) is 0 Å². The summed E-state index contributed by atoms with van der Waals surface area (Å²) in [7, 11) is 3.27. The molecular weight excluding hydrogens is 280 g/mol. The fourth-order valence-electron chi connectivity index (χ4n) is 2.61. The molecule has 110 valence electrons. The summed E-state index contributed by atoms with van der Waals surface area (Å²) in [6.07, 6.45) is 2.52. The molecule has 1 aliphatic heterocycles. The Morgan fingerprint density at radius 1 is 1.40 bits per heavy atom. The van der Waals surface area contributed by atoms with Gasteiger partial charge in [0.15, 0.2) is 0 Å². The van der Waals surface area contributed by atoms with Crippen LogP contribution >= 0.6 is 11.6 Å². The van der Waals surface area contributed by atoms with Crippen LogP contribution < -0.4 is 5.32 Å². The maximum absolute atomic E-state index is 12.7. The number of nitrogens with zero attached hydrogens (tertiary/aromatic N) is 3. The molecule has 2 rings (SSSR count). The van der Waals surface area contributed by atoms with Crippen molar-refractivity contribution < 1.29 is 9.59 Å². The van der Waals surface area contributed by atoms with Crippen molar-refractivity contribution >= 4 is 23.4 Å². The molecule has 0 radical (unpaired) electrons. The van der Waals surface area contributed by atoms with Crippen molar-refractivity contribution in [3.63, 3.8) is 0 Å². The van der Waals surface area contributed by atoms with Crippen LogP contribution in [-0.2, 0) is 11.8 Å². The summed E-state index contributed by atoms with van der Waals surface area (Å²) < 4.78 is 1.48. The van der Waals surface area contributed by atoms with Gasteiger partial charge in [-0.1, -0.05) is 11.6 Å². The highest BCUT2D eigenvalue weighted by molar-refractivity contribution is 6.34. The van der Waals surface area contributed by atoms with E-state index in [1.54, 1.807) is 25.9 Å². The lowest BCUT2D eigenvalue weighted by molar-refractivity contribution is -0.126. The van der Waals surface area contributed by atoms with Crippen molar-refractivity contribution in [1.82, 2.24) is 20.0 Å². The van der Waals surface area contributed by atoms with Gasteiger partial charge in [-0.05, 0) is 26.2 Å². The van der Waals surface area contributed by atoms with E-state index in [9.17, 15) is 9.59 Å². The van der Waals surface area contributed by atoms with Gasteiger partial charge in [-0.3, -0.25) is 14.3 Å². The third-order valence-electron chi connectivity index (χ3n) is 3.66. The highest BCUT2D eigenvalue weighted by Crippen LogP contribution is 2.25. The molecule has 0 bridgehead atoms. The molecule has 0 saturated carbocycles. The Hall–Kier alpha value is -1.56. The van der Waals surface area contributed by atoms with E-state index in [1.807, 2.05) is 0 Å². The lowest BCUT2D eigenvalue weighted by Gasteiger charge is -2.34. The number of nitrogens with one attached hydrogen (secondary N) is 1. The van der Waals surface area contributed by atoms with Crippen LogP contribution in [0.1, 0.15) is 35.4 Å². The van der Waals surface area contributed by atoms with Gasteiger partial charge in [0.1, 0.15) is 11.7 Å². The van der Waals surface area contributed by atoms with Crippen LogP contribution in [0.3, 0.4) is 0 Å². The quantitative estimate of drug-likeness (QED) is 0.890. The van der Waals surface area contributed by atoms with Gasteiger partial charge >= 0.3 is 0 Å². The van der Waals surface area contributed by atoms with Crippen LogP contribution in [0.4, 0.5) is 0 Å². The van der Waals surface area contributed by atoms with Gasteiger partial charge in [0.05, 0.1) is 10.7 Å². The predicted molar refractivity (Wildman–Crippen MR) is 75.7 cm³/mol. The monoisotopic (exact) mass is 298 g/mol. The fourth-order valence-corrected chi connectivity index (χ4v) is 2.86. The Morgan fingerprint density at radius 3 is 2.65 bits per heavy atom. The second-order valence-electron chi connectivity index (χ2n) is 5.00. The normalized spacial score (nSPS) is 19.0. The Kier molecular flexibility index (Phi) is 4.32. The van der Waals surface area contributed by atoms with E-state index in [1.165, 1.54) is 4.68 Å². The number of piperidine rings is 1. The van der Waals surface area contributed by atoms with Crippen LogP contribution in [-0.4, -0.2) is 46.1 Å². The number of rotatable bonds is 2. The molecule has 1 saturated heterocycles. The predicted octanol–water partition coefficient (Wildman–Crippen LogP) is 1.12. The van der Waals surface area contributed by atoms with E-state index in [2.05, 4.69) is 10.4 Å². The minimum atomic E-state index is -0.424. The summed E-state index contributed by atoms with van der Waals surface area (Å²) in [5.41, 5.74) is 0.964. The highest BCUT2D eigenvalue weighted by Gasteiger charge is 2.34. The number of likely N-dealkylation sites (tertiary alicyclic amines) is 1. The molecular formula is C13H19ClN4O2. The minimum absolute atomic E-state index is 0.131. The standard InChI is InChI=1S/C13H19ClN4O2/c1-8-10(14)11(17(3)16-8)13(20)18-7-5-4-6-9(18)12(19)15-2/h9H,4-7H2,1-3H3,(H,15,19). The van der Waals surface area contributed by atoms with Crippen molar-refractivity contribution in [2.45, 2.75) is 32.2 Å². The number of hydrogen-bond acceptors (Lipinski definition) is 3. The van der Waals surface area contributed by atoms with E-state index < -0.39 is 6.04 Å². The Balaban J connectivity index is 2.32. The topological polar surface area (TPSA) is 67.2 Å². The summed E-state index contributed by atoms with van der Waals surface area (Å²) in [4.78, 5) is 26.2. The molecule has 20 heavy (non-hydrogen) atoms. The molecule has 6 nitrogen and oxygen atoms in total. The van der Waals surface area contributed by atoms with E-state index in [4.69, 9.17) is 11.6 Å². The summed E-state index contributed by atoms with van der Waals surface area (Å²) in [6.45, 7) is 2.32. The van der Waals surface area contributed by atoms with Gasteiger partial charge in [0.25, 0.3) is 5.91 Å². The maximum Gasteiger partial charge on any atom is 0.274 e. The van der Waals surface area contributed by atoms with E-state index in [0.717, 1.165) is 12.8 Å². The molecule has 1 unspecified atom stereocenters. The Morgan fingerprint density at radius 2 is 2.10 bits per heavy atom. The average molecular weight is 299 g/mol. The second kappa shape index (κ2) is 5.83. The van der Waals surface area contributed by atoms with Gasteiger partial charge in [-0.25, -0.2) is 0 Å². The van der Waals surface area contributed by atoms with Crippen LogP contribution in [0, 0.1) is 6.92 Å². The molecule has 7 heteroatoms. The summed E-state index contributed by atoms with van der Waals surface area (Å²) in [5, 5.41) is 7.13. The van der Waals surface area contributed by atoms with Gasteiger partial charge in [-0.2, -0.15) is 5.10 Å². The largest absolute Gasteiger partial charge is 0.357 e. The summed E-state index contributed by atoms with van der Waals surface area (Å²) in [6, 6.07) is -0.424. The lowest BCUT2D eigenvalue weighted by Crippen LogP contribution is -2.51. The third kappa shape index (κ3) is 2.52. The number of hydrogen-bond donors (Lipinski definition) is 1. The third-order valence-corrected chi connectivity index (χ3v) is 4.12. The zero-order valence-electron chi connectivity index (χ0n) is 11.9. The van der Waals surface area contributed by atoms with Crippen molar-refractivity contribution in [3.05, 3.63) is 16.4 Å². The number of halogens is 1. The first-order valence-electron chi connectivity index (χ1n) is 6.69. The van der Waals surface area contributed by atoms with Crippen LogP contribution in [0.15, 0.2) is 0 Å². The van der Waals surface area contributed by atoms with Crippen LogP contribution in [0.25, 0.3) is 0 Å². The number of aryl methyl sites for hydroxylation is 2. The van der Waals surface area contributed by atoms with Crippen LogP contribution in [0.5, 0.6) is 0 Å². The molecule has 1 fully saturated rings. The lowest BCUT2D eigenvalue weighted by atomic mass is 10.0. The molecule has 0 aromatic carbocycles. The van der Waals surface area contributed by atoms with Crippen molar-refractivity contribution in [2.75, 3.05) is 13.6 Å². The van der Waals surface area contributed by atoms with Crippen molar-refractivity contribution in [3.8, 4) is 0 Å². The first-order chi connectivity index (χ1) is 9.47. The first-order valence-corrected chi connectivity index (χ1v) is 7.06. The number of carbonyl (C=O) groups is 2. The molecule has 2 heterocycles. The number of amides is 2. The number of aromatic nitrogens is 2. The van der Waals surface area contributed by atoms with Gasteiger partial charge in [-0.15, -0.1) is 0 Å². The zero-order chi connectivity index (χ0) is 14.9. The Bertz CT molecular complexity index is 541. The molecule has 1 N–H and O–H groups in total. The zero-order valence-corrected chi connectivity index (χ0v) is 12.7. The molecule has 2 amide bonds. The van der Waals surface area contributed by atoms with Gasteiger partial charge in [0.2, 0.25) is 5.91 Å². The SMILES string of the molecule is CNC(=O)C1CCCCN1C(=O)c1c(Cl)c(C)nn1C. The highest BCUT2D eigenvalue weighted by atomic mass is 35.5. The molecule has 1 atom stereocenters. The van der Waals surface area contributed by atoms with E-state index in [0.29, 0.717) is 29.4 Å². The van der Waals surface area contributed by atoms with Gasteiger partial charge < -0.3 is 10.2 Å². The smallest absolute Gasteiger partial charge is 0.274 e. The minimum Gasteiger partial charge on any atom is -0.357 e. The molecule has 1 aromatic heterocycles. The number of carbonyl (C=O) groups excluding carboxylic acids is 2. The van der Waals surface area contributed by atoms with E-state index in [-0.39, 0.29) is 11.8 Å². The number of likely N-dealkylation sites (N-methyl/N-ethyl adjacent to an activating group) is 1. The van der Waals surface area contributed by atoms with Crippen molar-refractivity contribution in [2.24, 2.45) is 7.05 Å². The average Bonchev–Trinajstić information content (AvgIpc) is 2.70. The maximum atomic E-state index is 12.7. The van der Waals surface area contributed by atoms with E-state index >= 15 is 0 Å². The molecule has 0 spiro atoms.